The maximum absolute atomic E-state index is 12.3. The van der Waals surface area contributed by atoms with Crippen LogP contribution in [0.5, 0.6) is 5.75 Å². The Morgan fingerprint density at radius 3 is 2.85 bits per heavy atom. The van der Waals surface area contributed by atoms with E-state index in [1.807, 2.05) is 0 Å². The summed E-state index contributed by atoms with van der Waals surface area (Å²) < 4.78 is 0. The number of aryl methyl sites for hydroxylation is 1. The summed E-state index contributed by atoms with van der Waals surface area (Å²) in [5.41, 5.74) is 0.454. The number of hydrogen-bond donors (Lipinski definition) is 1. The Hall–Kier alpha value is -1.59. The second kappa shape index (κ2) is 6.24. The van der Waals surface area contributed by atoms with Crippen LogP contribution in [0.15, 0.2) is 24.4 Å². The summed E-state index contributed by atoms with van der Waals surface area (Å²) in [4.78, 5) is 19.2. The lowest BCUT2D eigenvalue weighted by Gasteiger charge is -2.16. The molecule has 0 saturated heterocycles. The second-order valence-corrected chi connectivity index (χ2v) is 6.01. The van der Waals surface area contributed by atoms with Crippen molar-refractivity contribution in [3.8, 4) is 5.75 Å². The van der Waals surface area contributed by atoms with Gasteiger partial charge in [0, 0.05) is 23.7 Å². The molecule has 1 aromatic carbocycles. The largest absolute Gasteiger partial charge is 0.506 e. The molecule has 0 bridgehead atoms. The molecule has 4 nitrogen and oxygen atoms in total. The predicted octanol–water partition coefficient (Wildman–Crippen LogP) is 3.34. The van der Waals surface area contributed by atoms with Gasteiger partial charge in [-0.25, -0.2) is 4.98 Å². The molecule has 0 aliphatic rings. The van der Waals surface area contributed by atoms with E-state index in [1.54, 1.807) is 35.5 Å². The van der Waals surface area contributed by atoms with Gasteiger partial charge in [0.05, 0.1) is 16.6 Å². The van der Waals surface area contributed by atoms with Crippen LogP contribution in [0.3, 0.4) is 0 Å². The highest BCUT2D eigenvalue weighted by atomic mass is 35.5. The molecule has 0 atom stereocenters. The Kier molecular flexibility index (Phi) is 4.62. The summed E-state index contributed by atoms with van der Waals surface area (Å²) in [5.74, 6) is -0.167. The minimum absolute atomic E-state index is 0.0269. The van der Waals surface area contributed by atoms with E-state index < -0.39 is 0 Å². The number of aromatic nitrogens is 1. The molecule has 1 N–H and O–H groups in total. The summed E-state index contributed by atoms with van der Waals surface area (Å²) in [5, 5.41) is 10.6. The topological polar surface area (TPSA) is 53.4 Å². The number of carbonyl (C=O) groups is 1. The van der Waals surface area contributed by atoms with Crippen molar-refractivity contribution in [2.75, 3.05) is 7.05 Å². The molecule has 1 aromatic heterocycles. The zero-order valence-electron chi connectivity index (χ0n) is 11.3. The van der Waals surface area contributed by atoms with Crippen LogP contribution >= 0.6 is 22.9 Å². The van der Waals surface area contributed by atoms with Crippen LogP contribution in [0.2, 0.25) is 5.02 Å². The van der Waals surface area contributed by atoms with Crippen molar-refractivity contribution in [2.24, 2.45) is 0 Å². The highest BCUT2D eigenvalue weighted by Gasteiger charge is 2.14. The van der Waals surface area contributed by atoms with Gasteiger partial charge in [-0.2, -0.15) is 0 Å². The summed E-state index contributed by atoms with van der Waals surface area (Å²) in [7, 11) is 1.73. The first-order valence-corrected chi connectivity index (χ1v) is 7.38. The van der Waals surface area contributed by atoms with Gasteiger partial charge in [-0.1, -0.05) is 18.5 Å². The van der Waals surface area contributed by atoms with E-state index in [2.05, 4.69) is 11.9 Å². The minimum atomic E-state index is -0.140. The third-order valence-electron chi connectivity index (χ3n) is 2.84. The van der Waals surface area contributed by atoms with Crippen LogP contribution in [0.25, 0.3) is 0 Å². The molecule has 1 heterocycles. The lowest BCUT2D eigenvalue weighted by molar-refractivity contribution is 0.0786. The first-order valence-electron chi connectivity index (χ1n) is 6.18. The van der Waals surface area contributed by atoms with Crippen LogP contribution in [-0.4, -0.2) is 27.9 Å². The summed E-state index contributed by atoms with van der Waals surface area (Å²) in [6.07, 6.45) is 2.70. The predicted molar refractivity (Wildman–Crippen MR) is 80.4 cm³/mol. The number of thiazole rings is 1. The first kappa shape index (κ1) is 14.8. The van der Waals surface area contributed by atoms with Gasteiger partial charge in [0.25, 0.3) is 5.91 Å². The van der Waals surface area contributed by atoms with Gasteiger partial charge >= 0.3 is 0 Å². The number of carbonyl (C=O) groups excluding carboxylic acids is 1. The third kappa shape index (κ3) is 3.29. The maximum Gasteiger partial charge on any atom is 0.253 e. The molecule has 0 unspecified atom stereocenters. The fourth-order valence-electron chi connectivity index (χ4n) is 1.75. The van der Waals surface area contributed by atoms with Gasteiger partial charge < -0.3 is 10.0 Å². The van der Waals surface area contributed by atoms with Crippen molar-refractivity contribution >= 4 is 28.8 Å². The summed E-state index contributed by atoms with van der Waals surface area (Å²) >= 11 is 7.42. The van der Waals surface area contributed by atoms with Crippen molar-refractivity contribution in [2.45, 2.75) is 19.9 Å². The van der Waals surface area contributed by atoms with Gasteiger partial charge in [0.15, 0.2) is 0 Å². The van der Waals surface area contributed by atoms with Crippen molar-refractivity contribution < 1.29 is 9.90 Å². The van der Waals surface area contributed by atoms with Crippen molar-refractivity contribution in [1.82, 2.24) is 9.88 Å². The number of hydrogen-bond acceptors (Lipinski definition) is 4. The molecule has 0 radical (unpaired) electrons. The number of phenols is 1. The highest BCUT2D eigenvalue weighted by Crippen LogP contribution is 2.24. The van der Waals surface area contributed by atoms with Crippen LogP contribution in [0, 0.1) is 0 Å². The fourth-order valence-corrected chi connectivity index (χ4v) is 2.85. The molecule has 0 fully saturated rings. The number of amides is 1. The Balaban J connectivity index is 2.09. The molecular weight excluding hydrogens is 296 g/mol. The molecular formula is C14H15ClN2O2S. The van der Waals surface area contributed by atoms with E-state index in [-0.39, 0.29) is 16.7 Å². The zero-order valence-corrected chi connectivity index (χ0v) is 12.8. The smallest absolute Gasteiger partial charge is 0.253 e. The minimum Gasteiger partial charge on any atom is -0.506 e. The van der Waals surface area contributed by atoms with E-state index in [1.165, 1.54) is 12.1 Å². The quantitative estimate of drug-likeness (QED) is 0.942. The molecule has 0 spiro atoms. The highest BCUT2D eigenvalue weighted by molar-refractivity contribution is 7.11. The van der Waals surface area contributed by atoms with Gasteiger partial charge in [-0.3, -0.25) is 4.79 Å². The van der Waals surface area contributed by atoms with Gasteiger partial charge in [0.2, 0.25) is 0 Å². The lowest BCUT2D eigenvalue weighted by atomic mass is 10.2. The Morgan fingerprint density at radius 1 is 1.50 bits per heavy atom. The van der Waals surface area contributed by atoms with E-state index in [9.17, 15) is 9.90 Å². The first-order chi connectivity index (χ1) is 9.51. The van der Waals surface area contributed by atoms with Gasteiger partial charge in [0.1, 0.15) is 5.75 Å². The standard InChI is InChI=1S/C14H15ClN2O2S/c1-3-13-16-7-10(20-13)8-17(2)14(19)9-4-5-12(18)11(15)6-9/h4-7,18H,3,8H2,1-2H3. The number of phenolic OH excluding ortho intramolecular Hbond substituents is 1. The zero-order chi connectivity index (χ0) is 14.7. The Bertz CT molecular complexity index is 627. The van der Waals surface area contributed by atoms with Crippen molar-refractivity contribution in [1.29, 1.82) is 0 Å². The van der Waals surface area contributed by atoms with E-state index in [0.717, 1.165) is 16.3 Å². The molecule has 2 aromatic rings. The Morgan fingerprint density at radius 2 is 2.25 bits per heavy atom. The molecule has 6 heteroatoms. The monoisotopic (exact) mass is 310 g/mol. The van der Waals surface area contributed by atoms with Crippen LogP contribution < -0.4 is 0 Å². The molecule has 0 aliphatic heterocycles. The van der Waals surface area contributed by atoms with Crippen molar-refractivity contribution in [3.63, 3.8) is 0 Å². The fraction of sp³-hybridized carbons (Fsp3) is 0.286. The average Bonchev–Trinajstić information content (AvgIpc) is 2.88. The van der Waals surface area contributed by atoms with Gasteiger partial charge in [-0.15, -0.1) is 11.3 Å². The van der Waals surface area contributed by atoms with E-state index >= 15 is 0 Å². The van der Waals surface area contributed by atoms with Crippen LogP contribution in [-0.2, 0) is 13.0 Å². The van der Waals surface area contributed by atoms with E-state index in [0.29, 0.717) is 12.1 Å². The normalized spacial score (nSPS) is 10.6. The van der Waals surface area contributed by atoms with E-state index in [4.69, 9.17) is 11.6 Å². The Labute approximate surface area is 126 Å². The number of aromatic hydroxyl groups is 1. The number of rotatable bonds is 4. The summed E-state index contributed by atoms with van der Waals surface area (Å²) in [6, 6.07) is 4.45. The van der Waals surface area contributed by atoms with Crippen molar-refractivity contribution in [3.05, 3.63) is 44.9 Å². The number of benzene rings is 1. The van der Waals surface area contributed by atoms with Gasteiger partial charge in [-0.05, 0) is 24.6 Å². The lowest BCUT2D eigenvalue weighted by Crippen LogP contribution is -2.25. The number of nitrogens with zero attached hydrogens (tertiary/aromatic N) is 2. The molecule has 106 valence electrons. The SMILES string of the molecule is CCc1ncc(CN(C)C(=O)c2ccc(O)c(Cl)c2)s1. The molecule has 2 rings (SSSR count). The maximum atomic E-state index is 12.3. The second-order valence-electron chi connectivity index (χ2n) is 4.40. The molecule has 20 heavy (non-hydrogen) atoms. The van der Waals surface area contributed by atoms with Crippen LogP contribution in [0.1, 0.15) is 27.2 Å². The summed E-state index contributed by atoms with van der Waals surface area (Å²) in [6.45, 7) is 2.56. The van der Waals surface area contributed by atoms with Crippen LogP contribution in [0.4, 0.5) is 0 Å². The number of halogens is 1. The molecule has 1 amide bonds. The molecule has 0 aliphatic carbocycles. The molecule has 0 saturated carbocycles. The average molecular weight is 311 g/mol. The third-order valence-corrected chi connectivity index (χ3v) is 4.27.